The number of para-hydroxylation sites is 1. The molecule has 2 amide bonds. The summed E-state index contributed by atoms with van der Waals surface area (Å²) in [6, 6.07) is 4.55. The average molecular weight is 325 g/mol. The van der Waals surface area contributed by atoms with Crippen LogP contribution in [-0.2, 0) is 4.79 Å². The fourth-order valence-electron chi connectivity index (χ4n) is 2.71. The van der Waals surface area contributed by atoms with E-state index in [1.807, 2.05) is 13.8 Å². The van der Waals surface area contributed by atoms with Crippen LogP contribution >= 0.6 is 0 Å². The maximum absolute atomic E-state index is 12.7. The fourth-order valence-corrected chi connectivity index (χ4v) is 2.71. The highest BCUT2D eigenvalue weighted by molar-refractivity contribution is 6.09. The van der Waals surface area contributed by atoms with Gasteiger partial charge in [-0.15, -0.1) is 0 Å². The van der Waals surface area contributed by atoms with E-state index >= 15 is 0 Å². The molecule has 1 unspecified atom stereocenters. The summed E-state index contributed by atoms with van der Waals surface area (Å²) in [5, 5.41) is 8.81. The number of carbonyl (C=O) groups is 2. The van der Waals surface area contributed by atoms with Gasteiger partial charge in [0.2, 0.25) is 5.91 Å². The molecular weight excluding hydrogens is 306 g/mol. The first-order valence-corrected chi connectivity index (χ1v) is 7.76. The molecule has 7 heteroatoms. The summed E-state index contributed by atoms with van der Waals surface area (Å²) in [4.78, 5) is 32.9. The van der Waals surface area contributed by atoms with E-state index in [0.29, 0.717) is 16.9 Å². The maximum Gasteiger partial charge on any atom is 0.253 e. The maximum atomic E-state index is 12.7. The van der Waals surface area contributed by atoms with Gasteiger partial charge in [-0.05, 0) is 32.9 Å². The van der Waals surface area contributed by atoms with Gasteiger partial charge < -0.3 is 16.0 Å². The number of carbonyl (C=O) groups excluding carboxylic acids is 2. The third-order valence-corrected chi connectivity index (χ3v) is 4.00. The fraction of sp³-hybridized carbons (Fsp3) is 0.294. The van der Waals surface area contributed by atoms with Gasteiger partial charge in [0.05, 0.1) is 34.4 Å². The van der Waals surface area contributed by atoms with E-state index in [9.17, 15) is 9.59 Å². The zero-order valence-electron chi connectivity index (χ0n) is 13.8. The van der Waals surface area contributed by atoms with E-state index in [1.54, 1.807) is 37.5 Å². The van der Waals surface area contributed by atoms with Gasteiger partial charge in [0.25, 0.3) is 5.91 Å². The van der Waals surface area contributed by atoms with Crippen LogP contribution in [0.25, 0.3) is 0 Å². The normalized spacial score (nSPS) is 17.3. The van der Waals surface area contributed by atoms with Crippen molar-refractivity contribution < 1.29 is 9.59 Å². The monoisotopic (exact) mass is 325 g/mol. The first-order valence-electron chi connectivity index (χ1n) is 7.76. The van der Waals surface area contributed by atoms with Crippen LogP contribution in [0.15, 0.2) is 30.6 Å². The zero-order chi connectivity index (χ0) is 17.3. The molecule has 2 heterocycles. The lowest BCUT2D eigenvalue weighted by Crippen LogP contribution is -2.38. The van der Waals surface area contributed by atoms with Crippen molar-refractivity contribution in [3.8, 4) is 0 Å². The van der Waals surface area contributed by atoms with E-state index in [-0.39, 0.29) is 17.9 Å². The molecule has 0 radical (unpaired) electrons. The Balaban J connectivity index is 1.85. The van der Waals surface area contributed by atoms with Crippen molar-refractivity contribution in [1.29, 1.82) is 0 Å². The molecule has 0 spiro atoms. The molecular formula is C17H19N5O2. The highest BCUT2D eigenvalue weighted by atomic mass is 16.2. The molecule has 2 aromatic rings. The predicted octanol–water partition coefficient (Wildman–Crippen LogP) is 2.03. The molecule has 0 saturated heterocycles. The third-order valence-electron chi connectivity index (χ3n) is 4.00. The number of nitrogens with one attached hydrogen (secondary N) is 3. The summed E-state index contributed by atoms with van der Waals surface area (Å²) in [5.41, 5.74) is 3.22. The number of aryl methyl sites for hydroxylation is 1. The van der Waals surface area contributed by atoms with E-state index < -0.39 is 6.04 Å². The molecule has 24 heavy (non-hydrogen) atoms. The van der Waals surface area contributed by atoms with Crippen LogP contribution in [0.4, 0.5) is 11.4 Å². The number of hydrogen-bond donors (Lipinski definition) is 3. The van der Waals surface area contributed by atoms with Gasteiger partial charge in [-0.2, -0.15) is 0 Å². The number of benzene rings is 1. The van der Waals surface area contributed by atoms with Crippen LogP contribution in [-0.4, -0.2) is 27.8 Å². The van der Waals surface area contributed by atoms with Crippen LogP contribution in [0, 0.1) is 6.92 Å². The molecule has 1 aliphatic rings. The summed E-state index contributed by atoms with van der Waals surface area (Å²) in [5.74, 6) is -0.358. The topological polar surface area (TPSA) is 96.0 Å². The minimum absolute atomic E-state index is 0.122. The first-order chi connectivity index (χ1) is 11.5. The molecule has 0 bridgehead atoms. The Kier molecular flexibility index (Phi) is 4.16. The largest absolute Gasteiger partial charge is 0.372 e. The van der Waals surface area contributed by atoms with Gasteiger partial charge in [0.1, 0.15) is 6.04 Å². The van der Waals surface area contributed by atoms with Crippen molar-refractivity contribution in [3.63, 3.8) is 0 Å². The van der Waals surface area contributed by atoms with Crippen molar-refractivity contribution in [2.45, 2.75) is 32.9 Å². The van der Waals surface area contributed by atoms with Crippen LogP contribution in [0.5, 0.6) is 0 Å². The minimum Gasteiger partial charge on any atom is -0.372 e. The lowest BCUT2D eigenvalue weighted by molar-refractivity contribution is -0.116. The molecule has 7 nitrogen and oxygen atoms in total. The van der Waals surface area contributed by atoms with E-state index in [4.69, 9.17) is 0 Å². The number of amides is 2. The second-order valence-corrected chi connectivity index (χ2v) is 5.81. The second-order valence-electron chi connectivity index (χ2n) is 5.81. The molecule has 2 atom stereocenters. The Morgan fingerprint density at radius 1 is 1.29 bits per heavy atom. The van der Waals surface area contributed by atoms with Gasteiger partial charge in [-0.1, -0.05) is 6.07 Å². The molecule has 0 saturated carbocycles. The zero-order valence-corrected chi connectivity index (χ0v) is 13.8. The number of rotatable bonds is 3. The SMILES string of the molecule is Cc1nccnc1[C@H](C)NC(=O)c1cccc2c1NC(C)C(=O)N2. The summed E-state index contributed by atoms with van der Waals surface area (Å²) in [6.45, 7) is 5.47. The van der Waals surface area contributed by atoms with Crippen LogP contribution in [0.1, 0.15) is 41.6 Å². The van der Waals surface area contributed by atoms with Crippen molar-refractivity contribution in [2.75, 3.05) is 10.6 Å². The first kappa shape index (κ1) is 15.9. The van der Waals surface area contributed by atoms with Crippen molar-refractivity contribution in [1.82, 2.24) is 15.3 Å². The Labute approximate surface area is 139 Å². The van der Waals surface area contributed by atoms with Crippen molar-refractivity contribution >= 4 is 23.2 Å². The molecule has 1 aromatic heterocycles. The van der Waals surface area contributed by atoms with Crippen LogP contribution in [0.2, 0.25) is 0 Å². The minimum atomic E-state index is -0.397. The molecule has 1 aromatic carbocycles. The van der Waals surface area contributed by atoms with Crippen LogP contribution in [0.3, 0.4) is 0 Å². The summed E-state index contributed by atoms with van der Waals surface area (Å²) in [6.07, 6.45) is 3.23. The number of fused-ring (bicyclic) bond motifs is 1. The lowest BCUT2D eigenvalue weighted by Gasteiger charge is -2.26. The number of anilines is 2. The van der Waals surface area contributed by atoms with Crippen LogP contribution < -0.4 is 16.0 Å². The Bertz CT molecular complexity index is 805. The van der Waals surface area contributed by atoms with Gasteiger partial charge in [0, 0.05) is 12.4 Å². The molecule has 1 aliphatic heterocycles. The number of hydrogen-bond acceptors (Lipinski definition) is 5. The molecule has 3 rings (SSSR count). The third kappa shape index (κ3) is 2.92. The average Bonchev–Trinajstić information content (AvgIpc) is 2.55. The number of nitrogens with zero attached hydrogens (tertiary/aromatic N) is 2. The quantitative estimate of drug-likeness (QED) is 0.802. The molecule has 3 N–H and O–H groups in total. The Morgan fingerprint density at radius 3 is 2.79 bits per heavy atom. The van der Waals surface area contributed by atoms with Gasteiger partial charge in [0.15, 0.2) is 0 Å². The highest BCUT2D eigenvalue weighted by Crippen LogP contribution is 2.30. The Morgan fingerprint density at radius 2 is 2.04 bits per heavy atom. The second kappa shape index (κ2) is 6.27. The van der Waals surface area contributed by atoms with Crippen molar-refractivity contribution in [2.24, 2.45) is 0 Å². The smallest absolute Gasteiger partial charge is 0.253 e. The summed E-state index contributed by atoms with van der Waals surface area (Å²) < 4.78 is 0. The van der Waals surface area contributed by atoms with Crippen molar-refractivity contribution in [3.05, 3.63) is 47.5 Å². The molecule has 0 aliphatic carbocycles. The summed E-state index contributed by atoms with van der Waals surface area (Å²) >= 11 is 0. The summed E-state index contributed by atoms with van der Waals surface area (Å²) in [7, 11) is 0. The predicted molar refractivity (Wildman–Crippen MR) is 90.8 cm³/mol. The van der Waals surface area contributed by atoms with Gasteiger partial charge in [-0.25, -0.2) is 0 Å². The van der Waals surface area contributed by atoms with E-state index in [0.717, 1.165) is 11.4 Å². The molecule has 0 fully saturated rings. The molecule has 124 valence electrons. The number of aromatic nitrogens is 2. The van der Waals surface area contributed by atoms with Gasteiger partial charge >= 0.3 is 0 Å². The van der Waals surface area contributed by atoms with E-state index in [1.165, 1.54) is 0 Å². The highest BCUT2D eigenvalue weighted by Gasteiger charge is 2.26. The lowest BCUT2D eigenvalue weighted by atomic mass is 10.1. The van der Waals surface area contributed by atoms with Gasteiger partial charge in [-0.3, -0.25) is 19.6 Å². The Hall–Kier alpha value is -2.96. The standard InChI is InChI=1S/C17H19N5O2/c1-9-14(19-8-7-18-9)10(2)21-17(24)12-5-4-6-13-15(12)20-11(3)16(23)22-13/h4-8,10-11,20H,1-3H3,(H,21,24)(H,22,23)/t10-,11?/m0/s1. The van der Waals surface area contributed by atoms with E-state index in [2.05, 4.69) is 25.9 Å².